The highest BCUT2D eigenvalue weighted by Crippen LogP contribution is 2.23. The molecule has 0 fully saturated rings. The molecule has 4 aromatic rings. The van der Waals surface area contributed by atoms with Crippen LogP contribution in [0.4, 0.5) is 16.2 Å². The van der Waals surface area contributed by atoms with E-state index in [4.69, 9.17) is 11.6 Å². The second-order valence-corrected chi connectivity index (χ2v) is 6.28. The lowest BCUT2D eigenvalue weighted by molar-refractivity contribution is 0.262. The van der Waals surface area contributed by atoms with Crippen LogP contribution in [0.5, 0.6) is 0 Å². The van der Waals surface area contributed by atoms with Gasteiger partial charge in [0.2, 0.25) is 0 Å². The minimum absolute atomic E-state index is 0.377. The molecule has 4 rings (SSSR count). The van der Waals surface area contributed by atoms with E-state index in [9.17, 15) is 4.79 Å². The average molecular weight is 379 g/mol. The maximum atomic E-state index is 12.2. The average Bonchev–Trinajstić information content (AvgIpc) is 3.04. The Balaban J connectivity index is 1.55. The van der Waals surface area contributed by atoms with Gasteiger partial charge in [-0.25, -0.2) is 4.79 Å². The summed E-state index contributed by atoms with van der Waals surface area (Å²) in [5.74, 6) is 0.709. The lowest BCUT2D eigenvalue weighted by Gasteiger charge is -2.10. The number of halogens is 1. The number of amides is 2. The lowest BCUT2D eigenvalue weighted by atomic mass is 10.1. The maximum absolute atomic E-state index is 12.2. The third kappa shape index (κ3) is 3.58. The molecule has 2 N–H and O–H groups in total. The van der Waals surface area contributed by atoms with E-state index in [0.717, 1.165) is 11.3 Å². The van der Waals surface area contributed by atoms with Crippen LogP contribution in [-0.2, 0) is 0 Å². The summed E-state index contributed by atoms with van der Waals surface area (Å²) in [6.07, 6.45) is 0. The van der Waals surface area contributed by atoms with Crippen molar-refractivity contribution in [3.05, 3.63) is 71.5 Å². The van der Waals surface area contributed by atoms with Crippen LogP contribution in [0, 0.1) is 6.92 Å². The second kappa shape index (κ2) is 7.05. The molecule has 0 radical (unpaired) electrons. The van der Waals surface area contributed by atoms with E-state index in [-0.39, 0.29) is 6.03 Å². The normalized spacial score (nSPS) is 10.7. The Morgan fingerprint density at radius 3 is 2.70 bits per heavy atom. The van der Waals surface area contributed by atoms with Crippen molar-refractivity contribution in [2.45, 2.75) is 6.92 Å². The number of anilines is 2. The van der Waals surface area contributed by atoms with Crippen LogP contribution < -0.4 is 10.6 Å². The summed E-state index contributed by atoms with van der Waals surface area (Å²) in [4.78, 5) is 12.2. The van der Waals surface area contributed by atoms with Gasteiger partial charge in [-0.15, -0.1) is 10.2 Å². The molecule has 8 heteroatoms. The standard InChI is InChI=1S/C19H15ClN6O/c1-12-23-24-18-10-9-16(25-26(12)18)13-5-4-6-14(11-13)21-19(27)22-17-8-3-2-7-15(17)20/h2-11H,1H3,(H2,21,22,27). The van der Waals surface area contributed by atoms with Crippen molar-refractivity contribution < 1.29 is 4.79 Å². The van der Waals surface area contributed by atoms with Crippen molar-refractivity contribution in [2.75, 3.05) is 10.6 Å². The van der Waals surface area contributed by atoms with Gasteiger partial charge >= 0.3 is 6.03 Å². The molecule has 0 atom stereocenters. The van der Waals surface area contributed by atoms with E-state index >= 15 is 0 Å². The quantitative estimate of drug-likeness (QED) is 0.553. The molecule has 7 nitrogen and oxygen atoms in total. The summed E-state index contributed by atoms with van der Waals surface area (Å²) in [5, 5.41) is 18.6. The van der Waals surface area contributed by atoms with Crippen LogP contribution in [-0.4, -0.2) is 25.8 Å². The van der Waals surface area contributed by atoms with E-state index in [1.807, 2.05) is 37.3 Å². The molecule has 0 saturated carbocycles. The highest BCUT2D eigenvalue weighted by atomic mass is 35.5. The molecule has 2 heterocycles. The minimum Gasteiger partial charge on any atom is -0.308 e. The molecule has 0 aliphatic rings. The van der Waals surface area contributed by atoms with Gasteiger partial charge in [0.05, 0.1) is 16.4 Å². The van der Waals surface area contributed by atoms with Crippen molar-refractivity contribution >= 4 is 34.7 Å². The van der Waals surface area contributed by atoms with Crippen molar-refractivity contribution in [1.29, 1.82) is 0 Å². The number of nitrogens with one attached hydrogen (secondary N) is 2. The number of urea groups is 1. The second-order valence-electron chi connectivity index (χ2n) is 5.88. The number of nitrogens with zero attached hydrogens (tertiary/aromatic N) is 4. The van der Waals surface area contributed by atoms with Crippen molar-refractivity contribution in [3.8, 4) is 11.3 Å². The van der Waals surface area contributed by atoms with E-state index in [1.54, 1.807) is 34.8 Å². The van der Waals surface area contributed by atoms with Crippen LogP contribution in [0.3, 0.4) is 0 Å². The van der Waals surface area contributed by atoms with Gasteiger partial charge in [-0.1, -0.05) is 35.9 Å². The first-order chi connectivity index (χ1) is 13.1. The van der Waals surface area contributed by atoms with Gasteiger partial charge in [0.1, 0.15) is 0 Å². The van der Waals surface area contributed by atoms with Gasteiger partial charge in [-0.05, 0) is 43.3 Å². The number of carbonyl (C=O) groups is 1. The van der Waals surface area contributed by atoms with Gasteiger partial charge in [0.25, 0.3) is 0 Å². The number of fused-ring (bicyclic) bond motifs is 1. The molecule has 0 aliphatic carbocycles. The van der Waals surface area contributed by atoms with Crippen LogP contribution in [0.1, 0.15) is 5.82 Å². The Hall–Kier alpha value is -3.45. The molecular formula is C19H15ClN6O. The summed E-state index contributed by atoms with van der Waals surface area (Å²) >= 11 is 6.06. The minimum atomic E-state index is -0.377. The smallest absolute Gasteiger partial charge is 0.308 e. The number of hydrogen-bond donors (Lipinski definition) is 2. The Kier molecular flexibility index (Phi) is 4.43. The zero-order valence-electron chi connectivity index (χ0n) is 14.3. The summed E-state index contributed by atoms with van der Waals surface area (Å²) in [6.45, 7) is 1.84. The Morgan fingerprint density at radius 1 is 1.00 bits per heavy atom. The molecule has 2 aromatic heterocycles. The van der Waals surface area contributed by atoms with E-state index in [1.165, 1.54) is 0 Å². The van der Waals surface area contributed by atoms with E-state index < -0.39 is 0 Å². The first kappa shape index (κ1) is 17.0. The monoisotopic (exact) mass is 378 g/mol. The molecule has 2 aromatic carbocycles. The fourth-order valence-corrected chi connectivity index (χ4v) is 2.84. The van der Waals surface area contributed by atoms with Crippen LogP contribution >= 0.6 is 11.6 Å². The summed E-state index contributed by atoms with van der Waals surface area (Å²) in [7, 11) is 0. The number of para-hydroxylation sites is 1. The number of aryl methyl sites for hydroxylation is 1. The first-order valence-electron chi connectivity index (χ1n) is 8.22. The number of hydrogen-bond acceptors (Lipinski definition) is 4. The van der Waals surface area contributed by atoms with Gasteiger partial charge in [0.15, 0.2) is 11.5 Å². The fourth-order valence-electron chi connectivity index (χ4n) is 2.65. The first-order valence-corrected chi connectivity index (χ1v) is 8.60. The topological polar surface area (TPSA) is 84.2 Å². The third-order valence-corrected chi connectivity index (χ3v) is 4.29. The summed E-state index contributed by atoms with van der Waals surface area (Å²) in [6, 6.07) is 17.8. The molecule has 0 aliphatic heterocycles. The van der Waals surface area contributed by atoms with Crippen molar-refractivity contribution in [2.24, 2.45) is 0 Å². The molecule has 27 heavy (non-hydrogen) atoms. The number of benzene rings is 2. The van der Waals surface area contributed by atoms with Gasteiger partial charge < -0.3 is 10.6 Å². The van der Waals surface area contributed by atoms with Crippen LogP contribution in [0.25, 0.3) is 16.9 Å². The predicted molar refractivity (Wildman–Crippen MR) is 105 cm³/mol. The largest absolute Gasteiger partial charge is 0.323 e. The number of rotatable bonds is 3. The lowest BCUT2D eigenvalue weighted by Crippen LogP contribution is -2.19. The zero-order chi connectivity index (χ0) is 18.8. The third-order valence-electron chi connectivity index (χ3n) is 3.96. The molecular weight excluding hydrogens is 364 g/mol. The summed E-state index contributed by atoms with van der Waals surface area (Å²) < 4.78 is 1.68. The van der Waals surface area contributed by atoms with Gasteiger partial charge in [-0.3, -0.25) is 0 Å². The Bertz CT molecular complexity index is 1140. The van der Waals surface area contributed by atoms with Crippen LogP contribution in [0.2, 0.25) is 5.02 Å². The zero-order valence-corrected chi connectivity index (χ0v) is 15.1. The molecule has 134 valence electrons. The number of aromatic nitrogens is 4. The van der Waals surface area contributed by atoms with E-state index in [2.05, 4.69) is 25.9 Å². The van der Waals surface area contributed by atoms with Crippen LogP contribution in [0.15, 0.2) is 60.7 Å². The highest BCUT2D eigenvalue weighted by molar-refractivity contribution is 6.33. The Labute approximate surface area is 160 Å². The molecule has 2 amide bonds. The fraction of sp³-hybridized carbons (Fsp3) is 0.0526. The highest BCUT2D eigenvalue weighted by Gasteiger charge is 2.08. The SMILES string of the molecule is Cc1nnc2ccc(-c3cccc(NC(=O)Nc4ccccc4Cl)c3)nn12. The summed E-state index contributed by atoms with van der Waals surface area (Å²) in [5.41, 5.74) is 3.48. The van der Waals surface area contributed by atoms with Gasteiger partial charge in [-0.2, -0.15) is 9.61 Å². The van der Waals surface area contributed by atoms with Crippen molar-refractivity contribution in [1.82, 2.24) is 19.8 Å². The van der Waals surface area contributed by atoms with Crippen molar-refractivity contribution in [3.63, 3.8) is 0 Å². The number of carbonyl (C=O) groups excluding carboxylic acids is 1. The van der Waals surface area contributed by atoms with E-state index in [0.29, 0.717) is 27.9 Å². The predicted octanol–water partition coefficient (Wildman–Crippen LogP) is 4.40. The van der Waals surface area contributed by atoms with Gasteiger partial charge in [0, 0.05) is 11.3 Å². The molecule has 0 unspecified atom stereocenters. The Morgan fingerprint density at radius 2 is 1.85 bits per heavy atom. The molecule has 0 spiro atoms. The molecule has 0 saturated heterocycles. The maximum Gasteiger partial charge on any atom is 0.323 e. The molecule has 0 bridgehead atoms.